The molecule has 0 bridgehead atoms. The number of carbonyl (C=O) groups excluding carboxylic acids is 1. The van der Waals surface area contributed by atoms with Crippen molar-refractivity contribution in [3.8, 4) is 5.75 Å². The molecule has 0 radical (unpaired) electrons. The van der Waals surface area contributed by atoms with Gasteiger partial charge in [-0.15, -0.1) is 0 Å². The van der Waals surface area contributed by atoms with Crippen LogP contribution >= 0.6 is 39.1 Å². The van der Waals surface area contributed by atoms with Crippen LogP contribution in [0.1, 0.15) is 22.8 Å². The molecule has 110 valence electrons. The zero-order chi connectivity index (χ0) is 15.6. The minimum absolute atomic E-state index is 0.260. The molecule has 21 heavy (non-hydrogen) atoms. The van der Waals surface area contributed by atoms with Gasteiger partial charge in [0.1, 0.15) is 5.75 Å². The Morgan fingerprint density at radius 3 is 2.57 bits per heavy atom. The molecule has 0 amide bonds. The number of benzene rings is 2. The topological polar surface area (TPSA) is 52.3 Å². The van der Waals surface area contributed by atoms with Crippen molar-refractivity contribution in [1.29, 1.82) is 0 Å². The van der Waals surface area contributed by atoms with Gasteiger partial charge in [-0.25, -0.2) is 0 Å². The van der Waals surface area contributed by atoms with E-state index in [9.17, 15) is 4.79 Å². The third-order valence-electron chi connectivity index (χ3n) is 2.80. The van der Waals surface area contributed by atoms with E-state index in [-0.39, 0.29) is 10.8 Å². The Morgan fingerprint density at radius 2 is 1.90 bits per heavy atom. The summed E-state index contributed by atoms with van der Waals surface area (Å²) in [5.41, 5.74) is 6.95. The highest BCUT2D eigenvalue weighted by molar-refractivity contribution is 9.10. The third-order valence-corrected chi connectivity index (χ3v) is 4.10. The lowest BCUT2D eigenvalue weighted by Crippen LogP contribution is -2.05. The molecule has 0 aliphatic rings. The average Bonchev–Trinajstić information content (AvgIpc) is 2.44. The zero-order valence-corrected chi connectivity index (χ0v) is 14.2. The van der Waals surface area contributed by atoms with E-state index in [1.54, 1.807) is 24.3 Å². The summed E-state index contributed by atoms with van der Waals surface area (Å²) in [6.07, 6.45) is 0. The van der Waals surface area contributed by atoms with Crippen LogP contribution in [0.4, 0.5) is 5.69 Å². The lowest BCUT2D eigenvalue weighted by Gasteiger charge is -2.11. The summed E-state index contributed by atoms with van der Waals surface area (Å²) in [6.45, 7) is 2.30. The second-order valence-corrected chi connectivity index (χ2v) is 5.93. The van der Waals surface area contributed by atoms with E-state index in [0.29, 0.717) is 38.7 Å². The fourth-order valence-corrected chi connectivity index (χ4v) is 2.72. The van der Waals surface area contributed by atoms with E-state index in [1.165, 1.54) is 6.07 Å². The van der Waals surface area contributed by atoms with Crippen LogP contribution in [0, 0.1) is 0 Å². The Morgan fingerprint density at radius 1 is 1.19 bits per heavy atom. The average molecular weight is 389 g/mol. The molecule has 0 saturated carbocycles. The number of hydrogen-bond donors (Lipinski definition) is 1. The molecule has 2 aromatic rings. The molecule has 0 fully saturated rings. The predicted molar refractivity (Wildman–Crippen MR) is 89.6 cm³/mol. The van der Waals surface area contributed by atoms with Gasteiger partial charge in [0, 0.05) is 27.4 Å². The maximum atomic E-state index is 12.6. The predicted octanol–water partition coefficient (Wildman–Crippen LogP) is 4.97. The van der Waals surface area contributed by atoms with E-state index in [0.717, 1.165) is 0 Å². The summed E-state index contributed by atoms with van der Waals surface area (Å²) in [4.78, 5) is 12.6. The van der Waals surface area contributed by atoms with Crippen molar-refractivity contribution in [2.45, 2.75) is 6.92 Å². The van der Waals surface area contributed by atoms with Gasteiger partial charge >= 0.3 is 0 Å². The van der Waals surface area contributed by atoms with E-state index in [2.05, 4.69) is 15.9 Å². The van der Waals surface area contributed by atoms with Gasteiger partial charge in [-0.2, -0.15) is 0 Å². The van der Waals surface area contributed by atoms with E-state index >= 15 is 0 Å². The Kier molecular flexibility index (Phi) is 5.14. The highest BCUT2D eigenvalue weighted by Crippen LogP contribution is 2.33. The number of anilines is 1. The van der Waals surface area contributed by atoms with E-state index < -0.39 is 0 Å². The number of hydrogen-bond acceptors (Lipinski definition) is 3. The quantitative estimate of drug-likeness (QED) is 0.594. The molecule has 2 N–H and O–H groups in total. The largest absolute Gasteiger partial charge is 0.492 e. The Labute approximate surface area is 141 Å². The maximum Gasteiger partial charge on any atom is 0.195 e. The van der Waals surface area contributed by atoms with Crippen molar-refractivity contribution >= 4 is 50.6 Å². The molecule has 0 unspecified atom stereocenters. The molecule has 3 nitrogen and oxygen atoms in total. The first-order chi connectivity index (χ1) is 9.93. The van der Waals surface area contributed by atoms with Crippen LogP contribution in [-0.2, 0) is 0 Å². The second kappa shape index (κ2) is 6.69. The van der Waals surface area contributed by atoms with Crippen molar-refractivity contribution in [2.75, 3.05) is 12.3 Å². The molecule has 0 spiro atoms. The van der Waals surface area contributed by atoms with Gasteiger partial charge in [0.05, 0.1) is 16.7 Å². The van der Waals surface area contributed by atoms with Crippen molar-refractivity contribution in [3.63, 3.8) is 0 Å². The molecular formula is C15H12BrCl2NO2. The number of nitrogen functional groups attached to an aromatic ring is 1. The van der Waals surface area contributed by atoms with Crippen LogP contribution in [0.5, 0.6) is 5.75 Å². The van der Waals surface area contributed by atoms with Gasteiger partial charge in [-0.05, 0) is 31.2 Å². The summed E-state index contributed by atoms with van der Waals surface area (Å²) in [5, 5.41) is 0.617. The summed E-state index contributed by atoms with van der Waals surface area (Å²) >= 11 is 15.6. The molecule has 2 aromatic carbocycles. The highest BCUT2D eigenvalue weighted by atomic mass is 79.9. The van der Waals surface area contributed by atoms with Crippen LogP contribution in [0.3, 0.4) is 0 Å². The molecule has 0 aromatic heterocycles. The van der Waals surface area contributed by atoms with Gasteiger partial charge < -0.3 is 10.5 Å². The molecule has 6 heteroatoms. The first kappa shape index (κ1) is 16.1. The molecule has 0 aliphatic heterocycles. The van der Waals surface area contributed by atoms with Crippen molar-refractivity contribution < 1.29 is 9.53 Å². The fraction of sp³-hybridized carbons (Fsp3) is 0.133. The summed E-state index contributed by atoms with van der Waals surface area (Å²) in [5.74, 6) is 0.191. The summed E-state index contributed by atoms with van der Waals surface area (Å²) < 4.78 is 5.99. The Bertz CT molecular complexity index is 704. The molecule has 0 atom stereocenters. The summed E-state index contributed by atoms with van der Waals surface area (Å²) in [7, 11) is 0. The van der Waals surface area contributed by atoms with Crippen molar-refractivity contribution in [2.24, 2.45) is 0 Å². The number of carbonyl (C=O) groups is 1. The normalized spacial score (nSPS) is 10.5. The summed E-state index contributed by atoms with van der Waals surface area (Å²) in [6, 6.07) is 8.06. The van der Waals surface area contributed by atoms with Crippen LogP contribution in [-0.4, -0.2) is 12.4 Å². The maximum absolute atomic E-state index is 12.6. The van der Waals surface area contributed by atoms with Crippen LogP contribution in [0.2, 0.25) is 10.0 Å². The van der Waals surface area contributed by atoms with Crippen molar-refractivity contribution in [1.82, 2.24) is 0 Å². The number of rotatable bonds is 4. The first-order valence-corrected chi connectivity index (χ1v) is 7.70. The van der Waals surface area contributed by atoms with Crippen LogP contribution in [0.25, 0.3) is 0 Å². The minimum atomic E-state index is -0.260. The van der Waals surface area contributed by atoms with Crippen LogP contribution in [0.15, 0.2) is 34.8 Å². The standard InChI is InChI=1S/C15H12BrCl2NO2/c1-2-21-14-7-12(17)10(6-13(14)18)15(20)9-5-8(19)3-4-11(9)16/h3-7H,2,19H2,1H3. The minimum Gasteiger partial charge on any atom is -0.492 e. The van der Waals surface area contributed by atoms with Gasteiger partial charge in [-0.1, -0.05) is 39.1 Å². The zero-order valence-electron chi connectivity index (χ0n) is 11.1. The highest BCUT2D eigenvalue weighted by Gasteiger charge is 2.18. The van der Waals surface area contributed by atoms with Gasteiger partial charge in [0.2, 0.25) is 0 Å². The van der Waals surface area contributed by atoms with E-state index in [1.807, 2.05) is 6.92 Å². The SMILES string of the molecule is CCOc1cc(Cl)c(C(=O)c2cc(N)ccc2Br)cc1Cl. The smallest absolute Gasteiger partial charge is 0.195 e. The van der Waals surface area contributed by atoms with E-state index in [4.69, 9.17) is 33.7 Å². The number of ketones is 1. The molecule has 2 rings (SSSR count). The second-order valence-electron chi connectivity index (χ2n) is 4.26. The lowest BCUT2D eigenvalue weighted by molar-refractivity contribution is 0.103. The third kappa shape index (κ3) is 3.51. The number of ether oxygens (including phenoxy) is 1. The number of halogens is 3. The van der Waals surface area contributed by atoms with Crippen molar-refractivity contribution in [3.05, 3.63) is 56.0 Å². The molecule has 0 aliphatic carbocycles. The van der Waals surface area contributed by atoms with Gasteiger partial charge in [0.25, 0.3) is 0 Å². The van der Waals surface area contributed by atoms with Gasteiger partial charge in [0.15, 0.2) is 5.78 Å². The monoisotopic (exact) mass is 387 g/mol. The molecular weight excluding hydrogens is 377 g/mol. The fourth-order valence-electron chi connectivity index (χ4n) is 1.83. The molecule has 0 heterocycles. The van der Waals surface area contributed by atoms with Crippen LogP contribution < -0.4 is 10.5 Å². The first-order valence-electron chi connectivity index (χ1n) is 6.15. The lowest BCUT2D eigenvalue weighted by atomic mass is 10.0. The number of nitrogens with two attached hydrogens (primary N) is 1. The van der Waals surface area contributed by atoms with Gasteiger partial charge in [-0.3, -0.25) is 4.79 Å². The molecule has 0 saturated heterocycles. The Hall–Kier alpha value is -1.23. The Balaban J connectivity index is 2.49.